The lowest BCUT2D eigenvalue weighted by atomic mass is 10.2. The van der Waals surface area contributed by atoms with Crippen molar-refractivity contribution >= 4 is 33.1 Å². The Morgan fingerprint density at radius 3 is 2.59 bits per heavy atom. The van der Waals surface area contributed by atoms with Crippen molar-refractivity contribution in [2.24, 2.45) is 0 Å². The maximum Gasteiger partial charge on any atom is 0.177 e. The molecule has 1 aliphatic heterocycles. The minimum Gasteiger partial charge on any atom is -0.368 e. The number of rotatable bonds is 2. The minimum absolute atomic E-state index is 0.775. The maximum absolute atomic E-state index is 4.56. The van der Waals surface area contributed by atoms with Crippen LogP contribution in [0.5, 0.6) is 0 Å². The van der Waals surface area contributed by atoms with Crippen molar-refractivity contribution in [2.75, 3.05) is 36.0 Å². The van der Waals surface area contributed by atoms with Crippen molar-refractivity contribution in [2.45, 2.75) is 0 Å². The maximum atomic E-state index is 4.56. The molecule has 0 bridgehead atoms. The van der Waals surface area contributed by atoms with Crippen molar-refractivity contribution in [3.05, 3.63) is 47.2 Å². The topological polar surface area (TPSA) is 49.6 Å². The number of anilines is 2. The fourth-order valence-electron chi connectivity index (χ4n) is 2.75. The van der Waals surface area contributed by atoms with Crippen LogP contribution in [0.15, 0.2) is 47.2 Å². The van der Waals surface area contributed by atoms with Crippen LogP contribution in [0.4, 0.5) is 11.5 Å². The molecule has 0 atom stereocenters. The zero-order chi connectivity index (χ0) is 14.9. The molecule has 4 rings (SSSR count). The first kappa shape index (κ1) is 13.5. The fourth-order valence-corrected chi connectivity index (χ4v) is 3.14. The highest BCUT2D eigenvalue weighted by atomic mass is 79.9. The molecule has 2 aromatic heterocycles. The van der Waals surface area contributed by atoms with Gasteiger partial charge < -0.3 is 9.80 Å². The first-order valence-electron chi connectivity index (χ1n) is 7.22. The average molecular weight is 359 g/mol. The minimum atomic E-state index is 0.775. The number of aromatic nitrogens is 4. The van der Waals surface area contributed by atoms with E-state index in [1.807, 2.05) is 12.1 Å². The van der Waals surface area contributed by atoms with E-state index in [2.05, 4.69) is 65.3 Å². The van der Waals surface area contributed by atoms with Crippen LogP contribution in [-0.2, 0) is 0 Å². The van der Waals surface area contributed by atoms with Gasteiger partial charge in [0.05, 0.1) is 0 Å². The highest BCUT2D eigenvalue weighted by molar-refractivity contribution is 9.10. The van der Waals surface area contributed by atoms with Crippen LogP contribution >= 0.6 is 15.9 Å². The second kappa shape index (κ2) is 5.57. The number of hydrogen-bond donors (Lipinski definition) is 0. The molecule has 7 heteroatoms. The lowest BCUT2D eigenvalue weighted by molar-refractivity contribution is 0.641. The van der Waals surface area contributed by atoms with E-state index in [0.29, 0.717) is 0 Å². The number of hydrogen-bond acceptors (Lipinski definition) is 5. The summed E-state index contributed by atoms with van der Waals surface area (Å²) in [5.74, 6) is 0.973. The third-order valence-corrected chi connectivity index (χ3v) is 4.42. The molecule has 0 spiro atoms. The quantitative estimate of drug-likeness (QED) is 0.702. The van der Waals surface area contributed by atoms with Crippen molar-refractivity contribution in [1.29, 1.82) is 0 Å². The van der Waals surface area contributed by atoms with E-state index in [1.54, 1.807) is 10.8 Å². The Labute approximate surface area is 136 Å². The van der Waals surface area contributed by atoms with Gasteiger partial charge in [-0.25, -0.2) is 0 Å². The number of nitrogens with zero attached hydrogens (tertiary/aromatic N) is 6. The van der Waals surface area contributed by atoms with Gasteiger partial charge in [0.2, 0.25) is 0 Å². The smallest absolute Gasteiger partial charge is 0.177 e. The molecule has 0 aliphatic carbocycles. The van der Waals surface area contributed by atoms with Crippen LogP contribution in [0.25, 0.3) is 5.65 Å². The molecule has 6 nitrogen and oxygen atoms in total. The molecule has 0 unspecified atom stereocenters. The van der Waals surface area contributed by atoms with Gasteiger partial charge in [0.15, 0.2) is 5.65 Å². The average Bonchev–Trinajstić information content (AvgIpc) is 3.02. The zero-order valence-electron chi connectivity index (χ0n) is 11.9. The molecular weight excluding hydrogens is 344 g/mol. The monoisotopic (exact) mass is 358 g/mol. The Kier molecular flexibility index (Phi) is 3.42. The largest absolute Gasteiger partial charge is 0.368 e. The second-order valence-electron chi connectivity index (χ2n) is 5.28. The Morgan fingerprint density at radius 1 is 0.955 bits per heavy atom. The van der Waals surface area contributed by atoms with Gasteiger partial charge in [0, 0.05) is 36.3 Å². The highest BCUT2D eigenvalue weighted by Gasteiger charge is 2.19. The molecular formula is C15H15BrN6. The van der Waals surface area contributed by atoms with Gasteiger partial charge in [-0.2, -0.15) is 4.52 Å². The van der Waals surface area contributed by atoms with E-state index in [0.717, 1.165) is 42.1 Å². The van der Waals surface area contributed by atoms with E-state index in [1.165, 1.54) is 5.69 Å². The highest BCUT2D eigenvalue weighted by Crippen LogP contribution is 2.22. The van der Waals surface area contributed by atoms with Gasteiger partial charge in [-0.1, -0.05) is 22.0 Å². The van der Waals surface area contributed by atoms with Gasteiger partial charge in [-0.3, -0.25) is 0 Å². The van der Waals surface area contributed by atoms with Crippen LogP contribution in [0.1, 0.15) is 0 Å². The van der Waals surface area contributed by atoms with E-state index in [9.17, 15) is 0 Å². The first-order valence-corrected chi connectivity index (χ1v) is 8.01. The van der Waals surface area contributed by atoms with Crippen LogP contribution in [-0.4, -0.2) is 46.0 Å². The lowest BCUT2D eigenvalue weighted by Gasteiger charge is -2.36. The van der Waals surface area contributed by atoms with E-state index in [-0.39, 0.29) is 0 Å². The lowest BCUT2D eigenvalue weighted by Crippen LogP contribution is -2.47. The SMILES string of the molecule is Brc1cccc(N2CCN(c3ccc4nncn4n3)CC2)c1. The summed E-state index contributed by atoms with van der Waals surface area (Å²) >= 11 is 3.53. The Balaban J connectivity index is 1.49. The summed E-state index contributed by atoms with van der Waals surface area (Å²) in [4.78, 5) is 4.70. The molecule has 1 aromatic carbocycles. The van der Waals surface area contributed by atoms with Crippen LogP contribution in [0.2, 0.25) is 0 Å². The summed E-state index contributed by atoms with van der Waals surface area (Å²) in [6, 6.07) is 12.4. The molecule has 0 N–H and O–H groups in total. The normalized spacial score (nSPS) is 15.5. The number of piperazine rings is 1. The zero-order valence-corrected chi connectivity index (χ0v) is 13.5. The second-order valence-corrected chi connectivity index (χ2v) is 6.19. The molecule has 0 radical (unpaired) electrons. The van der Waals surface area contributed by atoms with Gasteiger partial charge in [-0.05, 0) is 30.3 Å². The van der Waals surface area contributed by atoms with Crippen molar-refractivity contribution in [1.82, 2.24) is 19.8 Å². The predicted octanol–water partition coefficient (Wildman–Crippen LogP) is 2.21. The third-order valence-electron chi connectivity index (χ3n) is 3.92. The standard InChI is InChI=1S/C15H15BrN6/c16-12-2-1-3-13(10-12)20-6-8-21(9-7-20)15-5-4-14-18-17-11-22(14)19-15/h1-5,10-11H,6-9H2. The number of halogens is 1. The molecule has 22 heavy (non-hydrogen) atoms. The van der Waals surface area contributed by atoms with Crippen molar-refractivity contribution in [3.63, 3.8) is 0 Å². The van der Waals surface area contributed by atoms with Gasteiger partial charge in [-0.15, -0.1) is 15.3 Å². The van der Waals surface area contributed by atoms with Crippen LogP contribution < -0.4 is 9.80 Å². The first-order chi connectivity index (χ1) is 10.8. The predicted molar refractivity (Wildman–Crippen MR) is 89.4 cm³/mol. The Hall–Kier alpha value is -2.15. The third kappa shape index (κ3) is 2.52. The molecule has 3 heterocycles. The molecule has 1 aliphatic rings. The fraction of sp³-hybridized carbons (Fsp3) is 0.267. The van der Waals surface area contributed by atoms with Crippen LogP contribution in [0.3, 0.4) is 0 Å². The Bertz CT molecular complexity index is 793. The van der Waals surface area contributed by atoms with Crippen molar-refractivity contribution < 1.29 is 0 Å². The van der Waals surface area contributed by atoms with Gasteiger partial charge >= 0.3 is 0 Å². The summed E-state index contributed by atoms with van der Waals surface area (Å²) in [7, 11) is 0. The van der Waals surface area contributed by atoms with Crippen molar-refractivity contribution in [3.8, 4) is 0 Å². The number of fused-ring (bicyclic) bond motifs is 1. The summed E-state index contributed by atoms with van der Waals surface area (Å²) in [5, 5.41) is 12.4. The molecule has 1 saturated heterocycles. The number of benzene rings is 1. The summed E-state index contributed by atoms with van der Waals surface area (Å²) in [6.07, 6.45) is 1.64. The van der Waals surface area contributed by atoms with E-state index >= 15 is 0 Å². The summed E-state index contributed by atoms with van der Waals surface area (Å²) in [6.45, 7) is 3.87. The van der Waals surface area contributed by atoms with Gasteiger partial charge in [0.1, 0.15) is 12.1 Å². The Morgan fingerprint density at radius 2 is 1.77 bits per heavy atom. The van der Waals surface area contributed by atoms with E-state index in [4.69, 9.17) is 0 Å². The summed E-state index contributed by atoms with van der Waals surface area (Å²) < 4.78 is 2.84. The van der Waals surface area contributed by atoms with Crippen LogP contribution in [0, 0.1) is 0 Å². The molecule has 0 amide bonds. The molecule has 3 aromatic rings. The summed E-state index contributed by atoms with van der Waals surface area (Å²) in [5.41, 5.74) is 2.03. The van der Waals surface area contributed by atoms with E-state index < -0.39 is 0 Å². The molecule has 112 valence electrons. The van der Waals surface area contributed by atoms with Gasteiger partial charge in [0.25, 0.3) is 0 Å². The molecule has 0 saturated carbocycles. The molecule has 1 fully saturated rings.